The van der Waals surface area contributed by atoms with Gasteiger partial charge in [-0.05, 0) is 0 Å². The molecule has 0 spiro atoms. The molecule has 0 aliphatic carbocycles. The standard InChI is InChI=1S/C4H4N3/c5-3-7(4-6)1-2-7/h1-2H2/q+1. The average molecular weight is 94.1 g/mol. The van der Waals surface area contributed by atoms with Crippen molar-refractivity contribution in [2.75, 3.05) is 13.1 Å². The second-order valence-electron chi connectivity index (χ2n) is 1.62. The Labute approximate surface area is 41.6 Å². The Morgan fingerprint density at radius 3 is 1.57 bits per heavy atom. The summed E-state index contributed by atoms with van der Waals surface area (Å²) in [6.07, 6.45) is 3.76. The first-order valence-electron chi connectivity index (χ1n) is 2.03. The summed E-state index contributed by atoms with van der Waals surface area (Å²) < 4.78 is 0. The zero-order valence-electron chi connectivity index (χ0n) is 3.76. The van der Waals surface area contributed by atoms with Crippen molar-refractivity contribution in [1.29, 1.82) is 10.5 Å². The molecule has 0 unspecified atom stereocenters. The molecule has 0 radical (unpaired) electrons. The molecule has 1 fully saturated rings. The van der Waals surface area contributed by atoms with Crippen LogP contribution in [0.4, 0.5) is 0 Å². The van der Waals surface area contributed by atoms with E-state index in [9.17, 15) is 0 Å². The summed E-state index contributed by atoms with van der Waals surface area (Å²) in [4.78, 5) is 0. The quantitative estimate of drug-likeness (QED) is 0.236. The normalized spacial score (nSPS) is 22.0. The maximum absolute atomic E-state index is 8.16. The van der Waals surface area contributed by atoms with Crippen LogP contribution >= 0.6 is 0 Å². The van der Waals surface area contributed by atoms with Gasteiger partial charge in [0.2, 0.25) is 0 Å². The van der Waals surface area contributed by atoms with E-state index >= 15 is 0 Å². The van der Waals surface area contributed by atoms with Gasteiger partial charge in [-0.1, -0.05) is 0 Å². The van der Waals surface area contributed by atoms with Crippen LogP contribution < -0.4 is 0 Å². The Balaban J connectivity index is 2.70. The highest BCUT2D eigenvalue weighted by Crippen LogP contribution is 2.15. The van der Waals surface area contributed by atoms with Gasteiger partial charge in [0, 0.05) is 0 Å². The number of quaternary nitrogens is 1. The van der Waals surface area contributed by atoms with E-state index in [2.05, 4.69) is 0 Å². The maximum Gasteiger partial charge on any atom is 0.325 e. The van der Waals surface area contributed by atoms with Crippen LogP contribution in [-0.4, -0.2) is 17.6 Å². The van der Waals surface area contributed by atoms with E-state index in [-0.39, 0.29) is 4.48 Å². The molecule has 0 aromatic carbocycles. The van der Waals surface area contributed by atoms with E-state index in [1.807, 2.05) is 12.4 Å². The van der Waals surface area contributed by atoms with Crippen molar-refractivity contribution in [2.24, 2.45) is 0 Å². The molecule has 0 bridgehead atoms. The molecule has 1 aliphatic rings. The molecular weight excluding hydrogens is 90.1 g/mol. The van der Waals surface area contributed by atoms with Crippen LogP contribution in [-0.2, 0) is 0 Å². The molecule has 1 rings (SSSR count). The highest BCUT2D eigenvalue weighted by Gasteiger charge is 2.45. The summed E-state index contributed by atoms with van der Waals surface area (Å²) in [6, 6.07) is 0. The van der Waals surface area contributed by atoms with E-state index in [0.29, 0.717) is 13.1 Å². The van der Waals surface area contributed by atoms with Gasteiger partial charge in [0.25, 0.3) is 0 Å². The molecule has 0 aromatic rings. The summed E-state index contributed by atoms with van der Waals surface area (Å²) >= 11 is 0. The molecule has 0 N–H and O–H groups in total. The van der Waals surface area contributed by atoms with Crippen LogP contribution in [0, 0.1) is 22.9 Å². The minimum atomic E-state index is 0. The Morgan fingerprint density at radius 1 is 1.14 bits per heavy atom. The Bertz CT molecular complexity index is 139. The topological polar surface area (TPSA) is 47.6 Å². The highest BCUT2D eigenvalue weighted by molar-refractivity contribution is 4.78. The maximum atomic E-state index is 8.16. The van der Waals surface area contributed by atoms with Crippen molar-refractivity contribution in [3.63, 3.8) is 0 Å². The van der Waals surface area contributed by atoms with Crippen LogP contribution in [0.2, 0.25) is 0 Å². The first kappa shape index (κ1) is 4.11. The second-order valence-corrected chi connectivity index (χ2v) is 1.62. The van der Waals surface area contributed by atoms with Gasteiger partial charge < -0.3 is 0 Å². The summed E-state index contributed by atoms with van der Waals surface area (Å²) in [7, 11) is 0. The van der Waals surface area contributed by atoms with Gasteiger partial charge in [0.1, 0.15) is 0 Å². The summed E-state index contributed by atoms with van der Waals surface area (Å²) in [5, 5.41) is 16.3. The third kappa shape index (κ3) is 0.432. The number of nitrogens with zero attached hydrogens (tertiary/aromatic N) is 3. The largest absolute Gasteiger partial charge is 0.325 e. The molecule has 34 valence electrons. The zero-order chi connectivity index (χ0) is 5.33. The van der Waals surface area contributed by atoms with Gasteiger partial charge in [-0.25, -0.2) is 0 Å². The number of hydrogen-bond donors (Lipinski definition) is 0. The minimum Gasteiger partial charge on any atom is -0.128 e. The van der Waals surface area contributed by atoms with Crippen molar-refractivity contribution in [3.8, 4) is 12.4 Å². The number of hydrogen-bond acceptors (Lipinski definition) is 2. The lowest BCUT2D eigenvalue weighted by molar-refractivity contribution is -0.648. The van der Waals surface area contributed by atoms with E-state index < -0.39 is 0 Å². The lowest BCUT2D eigenvalue weighted by atomic mass is 10.9. The Morgan fingerprint density at radius 2 is 1.57 bits per heavy atom. The molecule has 3 nitrogen and oxygen atoms in total. The summed E-state index contributed by atoms with van der Waals surface area (Å²) in [5.41, 5.74) is 0. The molecule has 1 heterocycles. The first-order valence-corrected chi connectivity index (χ1v) is 2.03. The molecule has 0 amide bonds. The van der Waals surface area contributed by atoms with Gasteiger partial charge in [-0.3, -0.25) is 0 Å². The molecule has 0 saturated carbocycles. The molecule has 3 heteroatoms. The fourth-order valence-corrected chi connectivity index (χ4v) is 0.322. The number of rotatable bonds is 0. The molecule has 1 aliphatic heterocycles. The second kappa shape index (κ2) is 0.959. The van der Waals surface area contributed by atoms with Crippen LogP contribution in [0.5, 0.6) is 0 Å². The predicted molar refractivity (Wildman–Crippen MR) is 21.2 cm³/mol. The van der Waals surface area contributed by atoms with Crippen molar-refractivity contribution in [1.82, 2.24) is 0 Å². The highest BCUT2D eigenvalue weighted by atomic mass is 15.5. The number of nitriles is 2. The molecule has 0 aromatic heterocycles. The van der Waals surface area contributed by atoms with Gasteiger partial charge in [-0.15, -0.1) is 15.0 Å². The van der Waals surface area contributed by atoms with Gasteiger partial charge >= 0.3 is 12.4 Å². The van der Waals surface area contributed by atoms with Crippen LogP contribution in [0.15, 0.2) is 0 Å². The smallest absolute Gasteiger partial charge is 0.128 e. The zero-order valence-corrected chi connectivity index (χ0v) is 3.76. The van der Waals surface area contributed by atoms with Crippen LogP contribution in [0.25, 0.3) is 0 Å². The summed E-state index contributed by atoms with van der Waals surface area (Å²) in [5.74, 6) is 0. The minimum absolute atomic E-state index is 0. The van der Waals surface area contributed by atoms with Crippen LogP contribution in [0.1, 0.15) is 0 Å². The van der Waals surface area contributed by atoms with Gasteiger partial charge in [-0.2, -0.15) is 0 Å². The summed E-state index contributed by atoms with van der Waals surface area (Å²) in [6.45, 7) is 1.43. The average Bonchev–Trinajstić information content (AvgIpc) is 2.46. The third-order valence-corrected chi connectivity index (χ3v) is 1.05. The van der Waals surface area contributed by atoms with Crippen LogP contribution in [0.3, 0.4) is 0 Å². The Hall–Kier alpha value is -1.06. The van der Waals surface area contributed by atoms with Crippen molar-refractivity contribution < 1.29 is 4.48 Å². The predicted octanol–water partition coefficient (Wildman–Crippen LogP) is -0.221. The third-order valence-electron chi connectivity index (χ3n) is 1.05. The lowest BCUT2D eigenvalue weighted by Gasteiger charge is -1.82. The van der Waals surface area contributed by atoms with E-state index in [4.69, 9.17) is 10.5 Å². The first-order chi connectivity index (χ1) is 3.33. The monoisotopic (exact) mass is 94.0 g/mol. The van der Waals surface area contributed by atoms with Crippen molar-refractivity contribution in [2.45, 2.75) is 0 Å². The fraction of sp³-hybridized carbons (Fsp3) is 0.500. The molecule has 1 saturated heterocycles. The lowest BCUT2D eigenvalue weighted by Crippen LogP contribution is -2.08. The fourth-order valence-electron chi connectivity index (χ4n) is 0.322. The molecular formula is C4H4N3+. The van der Waals surface area contributed by atoms with E-state index in [1.54, 1.807) is 0 Å². The molecule has 0 atom stereocenters. The van der Waals surface area contributed by atoms with Gasteiger partial charge in [0.05, 0.1) is 0 Å². The van der Waals surface area contributed by atoms with E-state index in [0.717, 1.165) is 0 Å². The Kier molecular flexibility index (Phi) is 0.563. The molecule has 7 heavy (non-hydrogen) atoms. The van der Waals surface area contributed by atoms with E-state index in [1.165, 1.54) is 0 Å². The van der Waals surface area contributed by atoms with Crippen molar-refractivity contribution >= 4 is 0 Å². The van der Waals surface area contributed by atoms with Gasteiger partial charge in [0.15, 0.2) is 13.1 Å². The van der Waals surface area contributed by atoms with Crippen molar-refractivity contribution in [3.05, 3.63) is 0 Å². The SMILES string of the molecule is N#C[N+]1(C#N)CC1.